The summed E-state index contributed by atoms with van der Waals surface area (Å²) in [6.45, 7) is 3.96. The fourth-order valence-electron chi connectivity index (χ4n) is 1.25. The van der Waals surface area contributed by atoms with Gasteiger partial charge in [-0.2, -0.15) is 5.10 Å². The van der Waals surface area contributed by atoms with Crippen molar-refractivity contribution < 1.29 is 9.53 Å². The summed E-state index contributed by atoms with van der Waals surface area (Å²) in [5.74, 6) is -0.581. The fraction of sp³-hybridized carbons (Fsp3) is 0.444. The monoisotopic (exact) mass is 225 g/mol. The molecule has 0 aliphatic carbocycles. The summed E-state index contributed by atoms with van der Waals surface area (Å²) in [5.41, 5.74) is 2.41. The Bertz CT molecular complexity index is 448. The van der Waals surface area contributed by atoms with Gasteiger partial charge < -0.3 is 4.74 Å². The second kappa shape index (κ2) is 3.98. The van der Waals surface area contributed by atoms with Crippen LogP contribution in [0.5, 0.6) is 0 Å². The lowest BCUT2D eigenvalue weighted by Gasteiger charge is -2.06. The number of fused-ring (bicyclic) bond motifs is 1. The van der Waals surface area contributed by atoms with Gasteiger partial charge in [-0.3, -0.25) is 4.79 Å². The third kappa shape index (κ3) is 1.85. The Kier molecular flexibility index (Phi) is 2.68. The highest BCUT2D eigenvalue weighted by Gasteiger charge is 2.19. The predicted molar refractivity (Wildman–Crippen MR) is 55.9 cm³/mol. The van der Waals surface area contributed by atoms with Crippen LogP contribution >= 0.6 is 11.3 Å². The topological polar surface area (TPSA) is 56.5 Å². The summed E-state index contributed by atoms with van der Waals surface area (Å²) in [7, 11) is 0. The molecule has 0 aliphatic heterocycles. The van der Waals surface area contributed by atoms with E-state index in [0.717, 1.165) is 4.96 Å². The van der Waals surface area contributed by atoms with E-state index in [-0.39, 0.29) is 11.9 Å². The first-order chi connectivity index (χ1) is 7.22. The lowest BCUT2D eigenvalue weighted by molar-refractivity contribution is -0.144. The molecule has 2 rings (SSSR count). The van der Waals surface area contributed by atoms with Crippen molar-refractivity contribution >= 4 is 22.3 Å². The highest BCUT2D eigenvalue weighted by atomic mass is 32.1. The molecule has 0 saturated carbocycles. The fourth-order valence-corrected chi connectivity index (χ4v) is 1.86. The Morgan fingerprint density at radius 1 is 1.73 bits per heavy atom. The highest BCUT2D eigenvalue weighted by Crippen LogP contribution is 2.18. The number of carbonyl (C=O) groups is 1. The van der Waals surface area contributed by atoms with E-state index in [9.17, 15) is 4.79 Å². The average molecular weight is 225 g/mol. The molecule has 0 aliphatic rings. The van der Waals surface area contributed by atoms with Gasteiger partial charge in [0.05, 0.1) is 24.4 Å². The SMILES string of the molecule is CCOC(=O)C(C)c1cn2ncsc2n1. The van der Waals surface area contributed by atoms with Gasteiger partial charge in [0, 0.05) is 0 Å². The van der Waals surface area contributed by atoms with Crippen LogP contribution < -0.4 is 0 Å². The first kappa shape index (κ1) is 10.1. The van der Waals surface area contributed by atoms with Gasteiger partial charge in [-0.05, 0) is 13.8 Å². The number of esters is 1. The molecular weight excluding hydrogens is 214 g/mol. The molecule has 0 saturated heterocycles. The molecule has 5 nitrogen and oxygen atoms in total. The number of ether oxygens (including phenoxy) is 1. The Labute approximate surface area is 90.7 Å². The highest BCUT2D eigenvalue weighted by molar-refractivity contribution is 7.14. The van der Waals surface area contributed by atoms with Gasteiger partial charge in [0.1, 0.15) is 5.51 Å². The zero-order valence-electron chi connectivity index (χ0n) is 8.51. The molecule has 6 heteroatoms. The zero-order valence-corrected chi connectivity index (χ0v) is 9.32. The van der Waals surface area contributed by atoms with Crippen molar-refractivity contribution in [3.63, 3.8) is 0 Å². The molecule has 2 heterocycles. The number of carbonyl (C=O) groups excluding carboxylic acids is 1. The summed E-state index contributed by atoms with van der Waals surface area (Å²) in [4.78, 5) is 16.5. The summed E-state index contributed by atoms with van der Waals surface area (Å²) in [6, 6.07) is 0. The quantitative estimate of drug-likeness (QED) is 0.742. The van der Waals surface area contributed by atoms with Crippen LogP contribution in [0.4, 0.5) is 0 Å². The van der Waals surface area contributed by atoms with E-state index < -0.39 is 0 Å². The molecule has 2 aromatic heterocycles. The maximum Gasteiger partial charge on any atom is 0.314 e. The van der Waals surface area contributed by atoms with E-state index in [1.807, 2.05) is 0 Å². The van der Waals surface area contributed by atoms with Gasteiger partial charge in [-0.1, -0.05) is 11.3 Å². The summed E-state index contributed by atoms with van der Waals surface area (Å²) in [5, 5.41) is 4.05. The lowest BCUT2D eigenvalue weighted by Crippen LogP contribution is -2.13. The molecule has 15 heavy (non-hydrogen) atoms. The van der Waals surface area contributed by atoms with E-state index in [1.54, 1.807) is 30.1 Å². The van der Waals surface area contributed by atoms with E-state index in [4.69, 9.17) is 4.74 Å². The molecule has 0 fully saturated rings. The van der Waals surface area contributed by atoms with Crippen LogP contribution in [0.25, 0.3) is 4.96 Å². The van der Waals surface area contributed by atoms with Crippen molar-refractivity contribution in [2.45, 2.75) is 19.8 Å². The molecule has 0 radical (unpaired) electrons. The number of imidazole rings is 1. The normalized spacial score (nSPS) is 12.9. The number of aromatic nitrogens is 3. The van der Waals surface area contributed by atoms with Crippen LogP contribution in [0.1, 0.15) is 25.5 Å². The number of hydrogen-bond acceptors (Lipinski definition) is 5. The smallest absolute Gasteiger partial charge is 0.314 e. The van der Waals surface area contributed by atoms with Crippen molar-refractivity contribution in [3.8, 4) is 0 Å². The first-order valence-corrected chi connectivity index (χ1v) is 5.55. The third-order valence-electron chi connectivity index (χ3n) is 2.09. The number of hydrogen-bond donors (Lipinski definition) is 0. The molecule has 0 spiro atoms. The van der Waals surface area contributed by atoms with Crippen molar-refractivity contribution in [3.05, 3.63) is 17.4 Å². The largest absolute Gasteiger partial charge is 0.465 e. The Balaban J connectivity index is 2.23. The standard InChI is InChI=1S/C9H11N3O2S/c1-3-14-8(13)6(2)7-4-12-9(11-7)15-5-10-12/h4-6H,3H2,1-2H3. The minimum Gasteiger partial charge on any atom is -0.465 e. The molecule has 0 bridgehead atoms. The van der Waals surface area contributed by atoms with Gasteiger partial charge in [0.15, 0.2) is 0 Å². The van der Waals surface area contributed by atoms with Crippen LogP contribution in [0.3, 0.4) is 0 Å². The molecule has 0 N–H and O–H groups in total. The molecule has 0 aromatic carbocycles. The molecule has 80 valence electrons. The van der Waals surface area contributed by atoms with Crippen LogP contribution in [0.2, 0.25) is 0 Å². The Morgan fingerprint density at radius 3 is 3.20 bits per heavy atom. The van der Waals surface area contributed by atoms with E-state index in [2.05, 4.69) is 10.1 Å². The second-order valence-electron chi connectivity index (χ2n) is 3.11. The van der Waals surface area contributed by atoms with Crippen molar-refractivity contribution in [2.75, 3.05) is 6.61 Å². The van der Waals surface area contributed by atoms with Crippen LogP contribution in [-0.2, 0) is 9.53 Å². The summed E-state index contributed by atoms with van der Waals surface area (Å²) in [6.07, 6.45) is 1.76. The van der Waals surface area contributed by atoms with Gasteiger partial charge in [-0.15, -0.1) is 0 Å². The van der Waals surface area contributed by atoms with Gasteiger partial charge in [0.25, 0.3) is 0 Å². The summed E-state index contributed by atoms with van der Waals surface area (Å²) < 4.78 is 6.59. The molecule has 1 atom stereocenters. The lowest BCUT2D eigenvalue weighted by atomic mass is 10.1. The van der Waals surface area contributed by atoms with Gasteiger partial charge in [0.2, 0.25) is 4.96 Å². The van der Waals surface area contributed by atoms with Crippen LogP contribution in [-0.4, -0.2) is 27.2 Å². The van der Waals surface area contributed by atoms with Gasteiger partial charge in [-0.25, -0.2) is 9.50 Å². The molecular formula is C9H11N3O2S. The van der Waals surface area contributed by atoms with Crippen LogP contribution in [0, 0.1) is 0 Å². The first-order valence-electron chi connectivity index (χ1n) is 4.67. The van der Waals surface area contributed by atoms with Crippen molar-refractivity contribution in [1.82, 2.24) is 14.6 Å². The van der Waals surface area contributed by atoms with Crippen molar-refractivity contribution in [2.24, 2.45) is 0 Å². The third-order valence-corrected chi connectivity index (χ3v) is 2.78. The molecule has 0 amide bonds. The minimum atomic E-state index is -0.334. The van der Waals surface area contributed by atoms with Crippen LogP contribution in [0.15, 0.2) is 11.7 Å². The summed E-state index contributed by atoms with van der Waals surface area (Å²) >= 11 is 1.44. The molecule has 1 unspecified atom stereocenters. The Hall–Kier alpha value is -1.43. The van der Waals surface area contributed by atoms with E-state index in [0.29, 0.717) is 12.3 Å². The average Bonchev–Trinajstić information content (AvgIpc) is 2.75. The number of nitrogens with zero attached hydrogens (tertiary/aromatic N) is 3. The second-order valence-corrected chi connectivity index (χ2v) is 3.92. The predicted octanol–water partition coefficient (Wildman–Crippen LogP) is 1.46. The Morgan fingerprint density at radius 2 is 2.53 bits per heavy atom. The minimum absolute atomic E-state index is 0.247. The number of rotatable bonds is 3. The maximum atomic E-state index is 11.5. The van der Waals surface area contributed by atoms with Crippen molar-refractivity contribution in [1.29, 1.82) is 0 Å². The van der Waals surface area contributed by atoms with E-state index in [1.165, 1.54) is 11.3 Å². The van der Waals surface area contributed by atoms with E-state index >= 15 is 0 Å². The zero-order chi connectivity index (χ0) is 10.8. The van der Waals surface area contributed by atoms with Gasteiger partial charge >= 0.3 is 5.97 Å². The molecule has 2 aromatic rings. The maximum absolute atomic E-state index is 11.5.